The first kappa shape index (κ1) is 12.5. The van der Waals surface area contributed by atoms with Crippen LogP contribution in [0.5, 0.6) is 0 Å². The van der Waals surface area contributed by atoms with Crippen molar-refractivity contribution >= 4 is 21.9 Å². The van der Waals surface area contributed by atoms with Crippen molar-refractivity contribution in [1.29, 1.82) is 0 Å². The molecule has 0 bridgehead atoms. The average Bonchev–Trinajstić information content (AvgIpc) is 2.65. The predicted molar refractivity (Wildman–Crippen MR) is 66.8 cm³/mol. The Balaban J connectivity index is 2.19. The van der Waals surface area contributed by atoms with Crippen molar-refractivity contribution in [2.45, 2.75) is 24.5 Å². The summed E-state index contributed by atoms with van der Waals surface area (Å²) in [6.45, 7) is 0.336. The van der Waals surface area contributed by atoms with Gasteiger partial charge < -0.3 is 10.2 Å². The Kier molecular flexibility index (Phi) is 3.51. The van der Waals surface area contributed by atoms with Gasteiger partial charge in [0.15, 0.2) is 0 Å². The van der Waals surface area contributed by atoms with E-state index in [4.69, 9.17) is 0 Å². The van der Waals surface area contributed by atoms with E-state index in [2.05, 4.69) is 21.2 Å². The molecule has 1 saturated heterocycles. The summed E-state index contributed by atoms with van der Waals surface area (Å²) in [5.41, 5.74) is -0.0926. The van der Waals surface area contributed by atoms with Gasteiger partial charge in [-0.1, -0.05) is 28.1 Å². The van der Waals surface area contributed by atoms with Gasteiger partial charge in [-0.05, 0) is 17.7 Å². The molecular formula is C12H14BrNO3. The first-order chi connectivity index (χ1) is 8.02. The molecule has 2 rings (SSSR count). The number of aliphatic carboxylic acids is 1. The Morgan fingerprint density at radius 3 is 2.59 bits per heavy atom. The Morgan fingerprint density at radius 2 is 2.12 bits per heavy atom. The molecule has 5 heteroatoms. The minimum absolute atomic E-state index is 0.248. The molecule has 4 nitrogen and oxygen atoms in total. The zero-order valence-corrected chi connectivity index (χ0v) is 10.8. The fourth-order valence-corrected chi connectivity index (χ4v) is 2.45. The molecule has 1 aliphatic rings. The van der Waals surface area contributed by atoms with Crippen LogP contribution in [0.3, 0.4) is 0 Å². The first-order valence-corrected chi connectivity index (χ1v) is 6.22. The molecule has 0 aliphatic carbocycles. The van der Waals surface area contributed by atoms with Gasteiger partial charge in [-0.2, -0.15) is 0 Å². The smallest absolute Gasteiger partial charge is 0.324 e. The van der Waals surface area contributed by atoms with Crippen molar-refractivity contribution in [3.05, 3.63) is 34.3 Å². The monoisotopic (exact) mass is 299 g/mol. The molecule has 0 saturated carbocycles. The van der Waals surface area contributed by atoms with E-state index in [9.17, 15) is 15.0 Å². The maximum Gasteiger partial charge on any atom is 0.324 e. The standard InChI is InChI=1S/C12H14BrNO3/c13-9-3-1-8(2-4-9)5-12(11(16)17)6-10(15)7-14-12/h1-4,10,14-15H,5-7H2,(H,16,17)/t10-,12+/m1/s1. The molecule has 0 amide bonds. The summed E-state index contributed by atoms with van der Waals surface area (Å²) < 4.78 is 0.963. The third kappa shape index (κ3) is 2.68. The molecule has 0 spiro atoms. The summed E-state index contributed by atoms with van der Waals surface area (Å²) in [6.07, 6.45) is 0.0481. The normalized spacial score (nSPS) is 28.2. The van der Waals surface area contributed by atoms with Gasteiger partial charge in [-0.15, -0.1) is 0 Å². The van der Waals surface area contributed by atoms with Crippen LogP contribution < -0.4 is 5.32 Å². The number of rotatable bonds is 3. The summed E-state index contributed by atoms with van der Waals surface area (Å²) in [6, 6.07) is 7.55. The van der Waals surface area contributed by atoms with E-state index in [-0.39, 0.29) is 6.42 Å². The van der Waals surface area contributed by atoms with Crippen LogP contribution in [0.25, 0.3) is 0 Å². The van der Waals surface area contributed by atoms with Gasteiger partial charge in [0.25, 0.3) is 0 Å². The largest absolute Gasteiger partial charge is 0.480 e. The third-order valence-electron chi connectivity index (χ3n) is 3.09. The number of carboxylic acids is 1. The summed E-state index contributed by atoms with van der Waals surface area (Å²) in [5.74, 6) is -0.906. The average molecular weight is 300 g/mol. The Labute approximate surface area is 108 Å². The highest BCUT2D eigenvalue weighted by atomic mass is 79.9. The lowest BCUT2D eigenvalue weighted by molar-refractivity contribution is -0.144. The second-order valence-corrected chi connectivity index (χ2v) is 5.35. The van der Waals surface area contributed by atoms with Crippen molar-refractivity contribution in [3.63, 3.8) is 0 Å². The van der Waals surface area contributed by atoms with E-state index < -0.39 is 17.6 Å². The minimum Gasteiger partial charge on any atom is -0.480 e. The molecule has 92 valence electrons. The van der Waals surface area contributed by atoms with Gasteiger partial charge in [0.05, 0.1) is 6.10 Å². The minimum atomic E-state index is -1.03. The number of carbonyl (C=O) groups is 1. The molecule has 17 heavy (non-hydrogen) atoms. The van der Waals surface area contributed by atoms with E-state index >= 15 is 0 Å². The Bertz CT molecular complexity index is 420. The maximum atomic E-state index is 11.4. The zero-order valence-electron chi connectivity index (χ0n) is 9.19. The number of benzene rings is 1. The molecule has 1 aromatic rings. The number of aliphatic hydroxyl groups is 1. The number of nitrogens with one attached hydrogen (secondary N) is 1. The lowest BCUT2D eigenvalue weighted by atomic mass is 9.89. The van der Waals surface area contributed by atoms with E-state index in [1.807, 2.05) is 24.3 Å². The summed E-state index contributed by atoms with van der Waals surface area (Å²) in [7, 11) is 0. The highest BCUT2D eigenvalue weighted by Gasteiger charge is 2.44. The lowest BCUT2D eigenvalue weighted by Crippen LogP contribution is -2.49. The van der Waals surface area contributed by atoms with Crippen LogP contribution in [-0.4, -0.2) is 34.4 Å². The first-order valence-electron chi connectivity index (χ1n) is 5.43. The Hall–Kier alpha value is -0.910. The summed E-state index contributed by atoms with van der Waals surface area (Å²) >= 11 is 3.34. The highest BCUT2D eigenvalue weighted by Crippen LogP contribution is 2.25. The SMILES string of the molecule is O=C(O)[C@]1(Cc2ccc(Br)cc2)C[C@@H](O)CN1. The Morgan fingerprint density at radius 1 is 1.47 bits per heavy atom. The van der Waals surface area contributed by atoms with E-state index in [1.54, 1.807) is 0 Å². The second-order valence-electron chi connectivity index (χ2n) is 4.43. The summed E-state index contributed by atoms with van der Waals surface area (Å²) in [5, 5.41) is 21.7. The van der Waals surface area contributed by atoms with Crippen LogP contribution in [0.2, 0.25) is 0 Å². The van der Waals surface area contributed by atoms with Crippen LogP contribution in [0.1, 0.15) is 12.0 Å². The van der Waals surface area contributed by atoms with Gasteiger partial charge >= 0.3 is 5.97 Å². The molecule has 0 unspecified atom stereocenters. The molecule has 0 radical (unpaired) electrons. The predicted octanol–water partition coefficient (Wildman–Crippen LogP) is 1.17. The van der Waals surface area contributed by atoms with E-state index in [0.717, 1.165) is 10.0 Å². The number of halogens is 1. The molecule has 2 atom stereocenters. The van der Waals surface area contributed by atoms with Crippen LogP contribution in [-0.2, 0) is 11.2 Å². The fraction of sp³-hybridized carbons (Fsp3) is 0.417. The quantitative estimate of drug-likeness (QED) is 0.784. The number of β-amino-alcohol motifs (C(OH)–C–C–N with tert-alkyl or cyclic N) is 1. The lowest BCUT2D eigenvalue weighted by Gasteiger charge is -2.24. The number of hydrogen-bond donors (Lipinski definition) is 3. The maximum absolute atomic E-state index is 11.4. The van der Waals surface area contributed by atoms with Gasteiger partial charge in [0.2, 0.25) is 0 Å². The fourth-order valence-electron chi connectivity index (χ4n) is 2.18. The van der Waals surface area contributed by atoms with E-state index in [0.29, 0.717) is 13.0 Å². The van der Waals surface area contributed by atoms with Crippen molar-refractivity contribution < 1.29 is 15.0 Å². The number of aliphatic hydroxyl groups excluding tert-OH is 1. The zero-order chi connectivity index (χ0) is 12.5. The second kappa shape index (κ2) is 4.76. The molecule has 1 aliphatic heterocycles. The van der Waals surface area contributed by atoms with Crippen molar-refractivity contribution in [2.24, 2.45) is 0 Å². The molecule has 1 heterocycles. The van der Waals surface area contributed by atoms with Crippen molar-refractivity contribution in [3.8, 4) is 0 Å². The molecular weight excluding hydrogens is 286 g/mol. The van der Waals surface area contributed by atoms with Gasteiger partial charge in [0.1, 0.15) is 5.54 Å². The topological polar surface area (TPSA) is 69.6 Å². The number of hydrogen-bond acceptors (Lipinski definition) is 3. The molecule has 1 fully saturated rings. The van der Waals surface area contributed by atoms with Crippen LogP contribution in [0.15, 0.2) is 28.7 Å². The highest BCUT2D eigenvalue weighted by molar-refractivity contribution is 9.10. The number of carboxylic acid groups (broad SMARTS) is 1. The van der Waals surface area contributed by atoms with Crippen LogP contribution in [0.4, 0.5) is 0 Å². The van der Waals surface area contributed by atoms with Gasteiger partial charge in [-0.3, -0.25) is 10.1 Å². The van der Waals surface area contributed by atoms with Crippen LogP contribution in [0, 0.1) is 0 Å². The van der Waals surface area contributed by atoms with Gasteiger partial charge in [0, 0.05) is 23.9 Å². The molecule has 0 aromatic heterocycles. The van der Waals surface area contributed by atoms with Crippen molar-refractivity contribution in [2.75, 3.05) is 6.54 Å². The summed E-state index contributed by atoms with van der Waals surface area (Å²) in [4.78, 5) is 11.4. The van der Waals surface area contributed by atoms with Crippen LogP contribution >= 0.6 is 15.9 Å². The van der Waals surface area contributed by atoms with Gasteiger partial charge in [-0.25, -0.2) is 0 Å². The third-order valence-corrected chi connectivity index (χ3v) is 3.62. The van der Waals surface area contributed by atoms with Crippen molar-refractivity contribution in [1.82, 2.24) is 5.32 Å². The molecule has 1 aromatic carbocycles. The van der Waals surface area contributed by atoms with E-state index in [1.165, 1.54) is 0 Å². The molecule has 3 N–H and O–H groups in total.